The third-order valence-corrected chi connectivity index (χ3v) is 0.511. The highest BCUT2D eigenvalue weighted by Gasteiger charge is 1.77. The van der Waals surface area contributed by atoms with Gasteiger partial charge in [-0.15, -0.1) is 0 Å². The molecule has 3 heteroatoms. The average Bonchev–Trinajstić information content (AvgIpc) is 1.65. The molecule has 0 atom stereocenters. The monoisotopic (exact) mass is 88.1 g/mol. The molecule has 0 aliphatic carbocycles. The second-order valence-corrected chi connectivity index (χ2v) is 0.940. The molecule has 0 aromatic rings. The number of nitrogens with zero attached hydrogens (tertiary/aromatic N) is 1. The zero-order valence-corrected chi connectivity index (χ0v) is 3.93. The van der Waals surface area contributed by atoms with Gasteiger partial charge in [-0.1, -0.05) is 0 Å². The molecular weight excluding hydrogens is 80.0 g/mol. The van der Waals surface area contributed by atoms with Crippen LogP contribution < -0.4 is 5.43 Å². The van der Waals surface area contributed by atoms with Crippen molar-refractivity contribution in [3.63, 3.8) is 0 Å². The lowest BCUT2D eigenvalue weighted by Crippen LogP contribution is -2.28. The number of carbonyl (C=O) groups excluding carboxylic acids is 1. The summed E-state index contributed by atoms with van der Waals surface area (Å²) in [5.74, 6) is 0. The SMILES string of the molecule is CNN(C)C=O. The summed E-state index contributed by atoms with van der Waals surface area (Å²) in [6.45, 7) is 0. The molecule has 0 aliphatic heterocycles. The molecule has 1 amide bonds. The van der Waals surface area contributed by atoms with Gasteiger partial charge in [-0.25, -0.2) is 5.43 Å². The van der Waals surface area contributed by atoms with Gasteiger partial charge < -0.3 is 0 Å². The summed E-state index contributed by atoms with van der Waals surface area (Å²) in [7, 11) is 3.31. The van der Waals surface area contributed by atoms with Gasteiger partial charge in [0.2, 0.25) is 6.41 Å². The largest absolute Gasteiger partial charge is 0.284 e. The van der Waals surface area contributed by atoms with E-state index < -0.39 is 0 Å². The molecule has 0 aliphatic rings. The highest BCUT2D eigenvalue weighted by Crippen LogP contribution is 1.53. The van der Waals surface area contributed by atoms with E-state index in [2.05, 4.69) is 5.43 Å². The van der Waals surface area contributed by atoms with Crippen LogP contribution in [0.25, 0.3) is 0 Å². The number of rotatable bonds is 2. The van der Waals surface area contributed by atoms with Crippen molar-refractivity contribution in [2.75, 3.05) is 14.1 Å². The van der Waals surface area contributed by atoms with E-state index in [-0.39, 0.29) is 0 Å². The van der Waals surface area contributed by atoms with Gasteiger partial charge in [0.1, 0.15) is 0 Å². The van der Waals surface area contributed by atoms with Crippen molar-refractivity contribution in [1.82, 2.24) is 10.4 Å². The Bertz CT molecular complexity index is 46.1. The van der Waals surface area contributed by atoms with Crippen LogP contribution in [0.5, 0.6) is 0 Å². The van der Waals surface area contributed by atoms with Crippen LogP contribution in [-0.2, 0) is 4.79 Å². The molecule has 0 aromatic carbocycles. The molecule has 0 bridgehead atoms. The molecule has 0 saturated carbocycles. The van der Waals surface area contributed by atoms with Crippen LogP contribution >= 0.6 is 0 Å². The first-order valence-corrected chi connectivity index (χ1v) is 1.66. The van der Waals surface area contributed by atoms with Crippen molar-refractivity contribution in [3.8, 4) is 0 Å². The molecule has 0 unspecified atom stereocenters. The molecule has 1 N–H and O–H groups in total. The van der Waals surface area contributed by atoms with E-state index in [1.165, 1.54) is 5.01 Å². The molecule has 0 heterocycles. The Labute approximate surface area is 36.9 Å². The second kappa shape index (κ2) is 2.66. The van der Waals surface area contributed by atoms with E-state index in [1.54, 1.807) is 14.1 Å². The molecule has 6 heavy (non-hydrogen) atoms. The molecule has 0 aromatic heterocycles. The minimum absolute atomic E-state index is 0.694. The maximum atomic E-state index is 9.60. The number of hydrazine groups is 1. The fraction of sp³-hybridized carbons (Fsp3) is 0.667. The summed E-state index contributed by atoms with van der Waals surface area (Å²) in [4.78, 5) is 9.60. The van der Waals surface area contributed by atoms with Gasteiger partial charge in [-0.3, -0.25) is 9.80 Å². The molecule has 0 saturated heterocycles. The highest BCUT2D eigenvalue weighted by atomic mass is 16.1. The fourth-order valence-electron chi connectivity index (χ4n) is 0.0527. The predicted octanol–water partition coefficient (Wildman–Crippen LogP) is -0.791. The van der Waals surface area contributed by atoms with Crippen molar-refractivity contribution < 1.29 is 4.79 Å². The van der Waals surface area contributed by atoms with E-state index >= 15 is 0 Å². The Kier molecular flexibility index (Phi) is 2.40. The van der Waals surface area contributed by atoms with Crippen LogP contribution in [0.3, 0.4) is 0 Å². The minimum Gasteiger partial charge on any atom is -0.284 e. The van der Waals surface area contributed by atoms with E-state index in [9.17, 15) is 4.79 Å². The Balaban J connectivity index is 2.96. The number of hydrogen-bond donors (Lipinski definition) is 1. The summed E-state index contributed by atoms with van der Waals surface area (Å²) < 4.78 is 0. The zero-order chi connectivity index (χ0) is 4.99. The van der Waals surface area contributed by atoms with Crippen molar-refractivity contribution >= 4 is 6.41 Å². The Hall–Kier alpha value is -0.570. The first-order chi connectivity index (χ1) is 2.81. The van der Waals surface area contributed by atoms with Gasteiger partial charge in [-0.2, -0.15) is 0 Å². The van der Waals surface area contributed by atoms with Gasteiger partial charge in [-0.05, 0) is 0 Å². The van der Waals surface area contributed by atoms with Crippen molar-refractivity contribution in [2.24, 2.45) is 0 Å². The quantitative estimate of drug-likeness (QED) is 0.354. The van der Waals surface area contributed by atoms with Crippen molar-refractivity contribution in [2.45, 2.75) is 0 Å². The summed E-state index contributed by atoms with van der Waals surface area (Å²) in [6.07, 6.45) is 0.694. The van der Waals surface area contributed by atoms with Crippen LogP contribution in [0.4, 0.5) is 0 Å². The van der Waals surface area contributed by atoms with Crippen LogP contribution in [0.2, 0.25) is 0 Å². The summed E-state index contributed by atoms with van der Waals surface area (Å²) in [5, 5.41) is 1.32. The first-order valence-electron chi connectivity index (χ1n) is 1.66. The number of amides is 1. The second-order valence-electron chi connectivity index (χ2n) is 0.940. The Morgan fingerprint density at radius 1 is 1.83 bits per heavy atom. The lowest BCUT2D eigenvalue weighted by molar-refractivity contribution is -0.119. The molecule has 0 fully saturated rings. The van der Waals surface area contributed by atoms with Crippen LogP contribution in [-0.4, -0.2) is 25.5 Å². The number of nitrogens with one attached hydrogen (secondary N) is 1. The molecule has 0 radical (unpaired) electrons. The maximum Gasteiger partial charge on any atom is 0.223 e. The normalized spacial score (nSPS) is 7.67. The van der Waals surface area contributed by atoms with Gasteiger partial charge in [0, 0.05) is 14.1 Å². The van der Waals surface area contributed by atoms with Crippen molar-refractivity contribution in [3.05, 3.63) is 0 Å². The third kappa shape index (κ3) is 1.72. The van der Waals surface area contributed by atoms with Gasteiger partial charge in [0.15, 0.2) is 0 Å². The number of hydrogen-bond acceptors (Lipinski definition) is 2. The van der Waals surface area contributed by atoms with Gasteiger partial charge in [0.25, 0.3) is 0 Å². The molecule has 3 nitrogen and oxygen atoms in total. The Morgan fingerprint density at radius 2 is 2.33 bits per heavy atom. The van der Waals surface area contributed by atoms with Gasteiger partial charge >= 0.3 is 0 Å². The molecular formula is C3H8N2O. The molecule has 0 rings (SSSR count). The topological polar surface area (TPSA) is 32.3 Å². The van der Waals surface area contributed by atoms with Gasteiger partial charge in [0.05, 0.1) is 0 Å². The van der Waals surface area contributed by atoms with E-state index in [0.717, 1.165) is 0 Å². The Morgan fingerprint density at radius 3 is 2.33 bits per heavy atom. The lowest BCUT2D eigenvalue weighted by Gasteiger charge is -2.04. The summed E-state index contributed by atoms with van der Waals surface area (Å²) in [6, 6.07) is 0. The number of carbonyl (C=O) groups is 1. The fourth-order valence-corrected chi connectivity index (χ4v) is 0.0527. The summed E-state index contributed by atoms with van der Waals surface area (Å²) >= 11 is 0. The van der Waals surface area contributed by atoms with E-state index in [4.69, 9.17) is 0 Å². The van der Waals surface area contributed by atoms with Crippen LogP contribution in [0, 0.1) is 0 Å². The van der Waals surface area contributed by atoms with Crippen LogP contribution in [0.15, 0.2) is 0 Å². The average molecular weight is 88.1 g/mol. The molecule has 0 spiro atoms. The minimum atomic E-state index is 0.694. The highest BCUT2D eigenvalue weighted by molar-refractivity contribution is 5.45. The first kappa shape index (κ1) is 5.43. The standard InChI is InChI=1S/C3H8N2O/c1-4-5(2)3-6/h3-4H,1-2H3. The molecule has 36 valence electrons. The van der Waals surface area contributed by atoms with Crippen molar-refractivity contribution in [1.29, 1.82) is 0 Å². The van der Waals surface area contributed by atoms with E-state index in [0.29, 0.717) is 6.41 Å². The summed E-state index contributed by atoms with van der Waals surface area (Å²) in [5.41, 5.74) is 2.58. The van der Waals surface area contributed by atoms with E-state index in [1.807, 2.05) is 0 Å². The maximum absolute atomic E-state index is 9.60. The predicted molar refractivity (Wildman–Crippen MR) is 22.9 cm³/mol. The smallest absolute Gasteiger partial charge is 0.223 e. The third-order valence-electron chi connectivity index (χ3n) is 0.511. The van der Waals surface area contributed by atoms with Crippen LogP contribution in [0.1, 0.15) is 0 Å². The lowest BCUT2D eigenvalue weighted by atomic mass is 11.1. The zero-order valence-electron chi connectivity index (χ0n) is 3.93.